The van der Waals surface area contributed by atoms with E-state index in [1.54, 1.807) is 37.0 Å². The maximum absolute atomic E-state index is 13.3. The highest BCUT2D eigenvalue weighted by Crippen LogP contribution is 2.40. The zero-order chi connectivity index (χ0) is 15.6. The quantitative estimate of drug-likeness (QED) is 0.644. The third-order valence-corrected chi connectivity index (χ3v) is 6.07. The molecule has 21 heavy (non-hydrogen) atoms. The number of hydrogen-bond acceptors (Lipinski definition) is 3. The van der Waals surface area contributed by atoms with E-state index in [2.05, 4.69) is 0 Å². The molecule has 2 aromatic rings. The molecule has 3 nitrogen and oxygen atoms in total. The van der Waals surface area contributed by atoms with E-state index >= 15 is 0 Å². The van der Waals surface area contributed by atoms with Gasteiger partial charge in [0, 0.05) is 21.7 Å². The molecule has 0 saturated heterocycles. The zero-order valence-electron chi connectivity index (χ0n) is 12.3. The Balaban J connectivity index is 2.71. The second-order valence-electron chi connectivity index (χ2n) is 5.10. The van der Waals surface area contributed by atoms with Crippen LogP contribution in [0.1, 0.15) is 34.6 Å². The molecule has 0 aromatic heterocycles. The molecular weight excluding hydrogens is 283 g/mol. The lowest BCUT2D eigenvalue weighted by Gasteiger charge is -2.17. The summed E-state index contributed by atoms with van der Waals surface area (Å²) in [6, 6.07) is 13.8. The Kier molecular flexibility index (Phi) is 4.24. The van der Waals surface area contributed by atoms with Crippen LogP contribution in [0.2, 0.25) is 0 Å². The van der Waals surface area contributed by atoms with Gasteiger partial charge < -0.3 is 4.57 Å². The molecule has 0 saturated carbocycles. The average molecular weight is 300 g/mol. The molecule has 0 amide bonds. The van der Waals surface area contributed by atoms with Crippen molar-refractivity contribution in [1.29, 1.82) is 0 Å². The van der Waals surface area contributed by atoms with Crippen LogP contribution < -0.4 is 10.6 Å². The van der Waals surface area contributed by atoms with Gasteiger partial charge >= 0.3 is 0 Å². The lowest BCUT2D eigenvalue weighted by atomic mass is 10.1. The molecule has 4 heteroatoms. The van der Waals surface area contributed by atoms with E-state index in [9.17, 15) is 14.2 Å². The number of ketones is 2. The van der Waals surface area contributed by atoms with Crippen LogP contribution in [0.25, 0.3) is 0 Å². The number of hydrogen-bond donors (Lipinski definition) is 0. The number of carbonyl (C=O) groups excluding carboxylic acids is 2. The SMILES string of the molecule is CC(=O)c1ccc(C(C)=O)c(P(C)(=O)c2ccccc2)c1. The van der Waals surface area contributed by atoms with Gasteiger partial charge in [0.05, 0.1) is 0 Å². The molecule has 0 heterocycles. The van der Waals surface area contributed by atoms with Gasteiger partial charge in [0.2, 0.25) is 0 Å². The van der Waals surface area contributed by atoms with Crippen molar-refractivity contribution in [3.8, 4) is 0 Å². The van der Waals surface area contributed by atoms with E-state index < -0.39 is 7.14 Å². The molecule has 0 aliphatic rings. The van der Waals surface area contributed by atoms with Gasteiger partial charge in [-0.25, -0.2) is 0 Å². The van der Waals surface area contributed by atoms with Crippen LogP contribution in [0.15, 0.2) is 48.5 Å². The van der Waals surface area contributed by atoms with Gasteiger partial charge in [-0.2, -0.15) is 0 Å². The molecule has 1 unspecified atom stereocenters. The maximum Gasteiger partial charge on any atom is 0.160 e. The van der Waals surface area contributed by atoms with Crippen LogP contribution >= 0.6 is 7.14 Å². The third-order valence-electron chi connectivity index (χ3n) is 3.49. The van der Waals surface area contributed by atoms with Gasteiger partial charge in [-0.1, -0.05) is 36.4 Å². The van der Waals surface area contributed by atoms with Crippen molar-refractivity contribution >= 4 is 29.3 Å². The van der Waals surface area contributed by atoms with Gasteiger partial charge in [-0.15, -0.1) is 0 Å². The van der Waals surface area contributed by atoms with Crippen LogP contribution in [-0.2, 0) is 4.57 Å². The smallest absolute Gasteiger partial charge is 0.160 e. The Morgan fingerprint density at radius 1 is 0.905 bits per heavy atom. The maximum atomic E-state index is 13.3. The molecule has 1 atom stereocenters. The predicted octanol–water partition coefficient (Wildman–Crippen LogP) is 3.04. The first-order valence-electron chi connectivity index (χ1n) is 6.63. The standard InChI is InChI=1S/C17H17O3P/c1-12(18)14-9-10-16(13(2)19)17(11-14)21(3,20)15-7-5-4-6-8-15/h4-11H,1-3H3. The lowest BCUT2D eigenvalue weighted by molar-refractivity contribution is 0.100. The third kappa shape index (κ3) is 3.03. The summed E-state index contributed by atoms with van der Waals surface area (Å²) in [5, 5.41) is 1.13. The van der Waals surface area contributed by atoms with Crippen molar-refractivity contribution < 1.29 is 14.2 Å². The second kappa shape index (κ2) is 5.79. The highest BCUT2D eigenvalue weighted by Gasteiger charge is 2.26. The summed E-state index contributed by atoms with van der Waals surface area (Å²) in [6.45, 7) is 4.53. The van der Waals surface area contributed by atoms with Crippen LogP contribution in [0.5, 0.6) is 0 Å². The largest absolute Gasteiger partial charge is 0.314 e. The van der Waals surface area contributed by atoms with Crippen LogP contribution in [0.3, 0.4) is 0 Å². The summed E-state index contributed by atoms with van der Waals surface area (Å²) < 4.78 is 13.3. The van der Waals surface area contributed by atoms with E-state index in [0.29, 0.717) is 21.7 Å². The monoisotopic (exact) mass is 300 g/mol. The Hall–Kier alpha value is -1.99. The molecule has 0 N–H and O–H groups in total. The molecule has 0 radical (unpaired) electrons. The fourth-order valence-electron chi connectivity index (χ4n) is 2.25. The first-order valence-corrected chi connectivity index (χ1v) is 8.79. The first-order chi connectivity index (χ1) is 9.84. The number of carbonyl (C=O) groups is 2. The number of rotatable bonds is 4. The minimum absolute atomic E-state index is 0.112. The molecule has 2 rings (SSSR count). The Bertz CT molecular complexity index is 748. The molecule has 0 bridgehead atoms. The normalized spacial score (nSPS) is 13.5. The van der Waals surface area contributed by atoms with Crippen molar-refractivity contribution in [1.82, 2.24) is 0 Å². The molecule has 0 aliphatic heterocycles. The topological polar surface area (TPSA) is 51.2 Å². The van der Waals surface area contributed by atoms with Crippen LogP contribution in [0, 0.1) is 0 Å². The van der Waals surface area contributed by atoms with Gasteiger partial charge in [0.15, 0.2) is 11.6 Å². The highest BCUT2D eigenvalue weighted by molar-refractivity contribution is 7.78. The predicted molar refractivity (Wildman–Crippen MR) is 85.7 cm³/mol. The van der Waals surface area contributed by atoms with Crippen molar-refractivity contribution in [3.05, 3.63) is 59.7 Å². The number of Topliss-reactive ketones (excluding diaryl/α,β-unsaturated/α-hetero) is 2. The summed E-state index contributed by atoms with van der Waals surface area (Å²) >= 11 is 0. The van der Waals surface area contributed by atoms with Crippen molar-refractivity contribution in [3.63, 3.8) is 0 Å². The van der Waals surface area contributed by atoms with Gasteiger partial charge in [-0.05, 0) is 32.6 Å². The minimum Gasteiger partial charge on any atom is -0.314 e. The van der Waals surface area contributed by atoms with Crippen LogP contribution in [0.4, 0.5) is 0 Å². The average Bonchev–Trinajstić information content (AvgIpc) is 2.47. The minimum atomic E-state index is -2.93. The molecule has 108 valence electrons. The van der Waals surface area contributed by atoms with Gasteiger partial charge in [0.25, 0.3) is 0 Å². The van der Waals surface area contributed by atoms with Crippen molar-refractivity contribution in [2.24, 2.45) is 0 Å². The van der Waals surface area contributed by atoms with E-state index in [1.165, 1.54) is 13.8 Å². The molecular formula is C17H17O3P. The van der Waals surface area contributed by atoms with Crippen LogP contribution in [-0.4, -0.2) is 18.2 Å². The summed E-state index contributed by atoms with van der Waals surface area (Å²) in [5.74, 6) is -0.266. The summed E-state index contributed by atoms with van der Waals surface area (Å²) in [4.78, 5) is 23.4. The Morgan fingerprint density at radius 3 is 2.05 bits per heavy atom. The summed E-state index contributed by atoms with van der Waals surface area (Å²) in [6.07, 6.45) is 0. The zero-order valence-corrected chi connectivity index (χ0v) is 13.2. The molecule has 2 aromatic carbocycles. The van der Waals surface area contributed by atoms with Crippen molar-refractivity contribution in [2.45, 2.75) is 13.8 Å². The summed E-state index contributed by atoms with van der Waals surface area (Å²) in [5.41, 5.74) is 0.877. The Labute approximate surface area is 124 Å². The molecule has 0 fully saturated rings. The molecule has 0 spiro atoms. The van der Waals surface area contributed by atoms with Gasteiger partial charge in [-0.3, -0.25) is 9.59 Å². The van der Waals surface area contributed by atoms with E-state index in [1.807, 2.05) is 18.2 Å². The number of benzene rings is 2. The lowest BCUT2D eigenvalue weighted by Crippen LogP contribution is -2.22. The van der Waals surface area contributed by atoms with E-state index in [4.69, 9.17) is 0 Å². The van der Waals surface area contributed by atoms with Crippen molar-refractivity contribution in [2.75, 3.05) is 6.66 Å². The first kappa shape index (κ1) is 15.4. The highest BCUT2D eigenvalue weighted by atomic mass is 31.2. The molecule has 0 aliphatic carbocycles. The van der Waals surface area contributed by atoms with Gasteiger partial charge in [0.1, 0.15) is 7.14 Å². The fourth-order valence-corrected chi connectivity index (χ4v) is 4.35. The second-order valence-corrected chi connectivity index (χ2v) is 7.95. The fraction of sp³-hybridized carbons (Fsp3) is 0.176. The van der Waals surface area contributed by atoms with E-state index in [-0.39, 0.29) is 11.6 Å². The summed E-state index contributed by atoms with van der Waals surface area (Å²) in [7, 11) is -2.93. The van der Waals surface area contributed by atoms with E-state index in [0.717, 1.165) is 0 Å². The Morgan fingerprint density at radius 2 is 1.52 bits per heavy atom.